The summed E-state index contributed by atoms with van der Waals surface area (Å²) in [4.78, 5) is 18.9. The zero-order chi connectivity index (χ0) is 23.0. The van der Waals surface area contributed by atoms with E-state index < -0.39 is 5.60 Å². The zero-order valence-electron chi connectivity index (χ0n) is 19.3. The second-order valence-corrected chi connectivity index (χ2v) is 9.97. The van der Waals surface area contributed by atoms with E-state index in [0.717, 1.165) is 12.8 Å². The minimum atomic E-state index is -0.503. The van der Waals surface area contributed by atoms with Crippen LogP contribution >= 0.6 is 0 Å². The highest BCUT2D eigenvalue weighted by Gasteiger charge is 2.44. The SMILES string of the molecule is CC(C)n1nc(NC2[C@@H]3CC[C@H]2CN(C(=O)OC(C)(C)C)C3)nc1Oc1cccc(F)c1. The molecule has 3 atom stereocenters. The van der Waals surface area contributed by atoms with Crippen molar-refractivity contribution in [1.82, 2.24) is 19.7 Å². The number of hydrogen-bond donors (Lipinski definition) is 1. The molecule has 1 aliphatic heterocycles. The zero-order valence-corrected chi connectivity index (χ0v) is 19.3. The maximum Gasteiger partial charge on any atom is 0.410 e. The minimum absolute atomic E-state index is 0.0207. The van der Waals surface area contributed by atoms with Crippen LogP contribution < -0.4 is 10.1 Å². The van der Waals surface area contributed by atoms with Crippen molar-refractivity contribution in [2.45, 2.75) is 65.1 Å². The van der Waals surface area contributed by atoms with E-state index in [0.29, 0.717) is 42.6 Å². The van der Waals surface area contributed by atoms with Gasteiger partial charge in [-0.3, -0.25) is 0 Å². The first-order chi connectivity index (χ1) is 15.1. The minimum Gasteiger partial charge on any atom is -0.444 e. The van der Waals surface area contributed by atoms with Crippen molar-refractivity contribution in [3.05, 3.63) is 30.1 Å². The summed E-state index contributed by atoms with van der Waals surface area (Å²) in [6.07, 6.45) is 1.83. The molecule has 0 spiro atoms. The average Bonchev–Trinajstić information content (AvgIpc) is 3.17. The monoisotopic (exact) mass is 445 g/mol. The number of nitrogens with zero attached hydrogens (tertiary/aromatic N) is 4. The van der Waals surface area contributed by atoms with Gasteiger partial charge in [0.15, 0.2) is 0 Å². The number of aromatic nitrogens is 3. The lowest BCUT2D eigenvalue weighted by atomic mass is 9.92. The third-order valence-corrected chi connectivity index (χ3v) is 5.88. The van der Waals surface area contributed by atoms with Gasteiger partial charge in [-0.25, -0.2) is 13.9 Å². The third-order valence-electron chi connectivity index (χ3n) is 5.88. The number of piperidine rings is 1. The second-order valence-electron chi connectivity index (χ2n) is 9.97. The first-order valence-electron chi connectivity index (χ1n) is 11.2. The molecule has 4 rings (SSSR count). The van der Waals surface area contributed by atoms with E-state index in [1.807, 2.05) is 39.5 Å². The van der Waals surface area contributed by atoms with Crippen LogP contribution in [0.1, 0.15) is 53.5 Å². The van der Waals surface area contributed by atoms with E-state index in [1.165, 1.54) is 12.1 Å². The van der Waals surface area contributed by atoms with E-state index in [4.69, 9.17) is 9.47 Å². The van der Waals surface area contributed by atoms with Gasteiger partial charge in [0.05, 0.1) is 6.04 Å². The Labute approximate surface area is 188 Å². The third kappa shape index (κ3) is 4.97. The Morgan fingerprint density at radius 2 is 1.91 bits per heavy atom. The molecule has 1 aliphatic carbocycles. The Kier molecular flexibility index (Phi) is 6.01. The number of fused-ring (bicyclic) bond motifs is 2. The van der Waals surface area contributed by atoms with E-state index in [2.05, 4.69) is 15.4 Å². The number of benzene rings is 1. The number of hydrogen-bond acceptors (Lipinski definition) is 6. The van der Waals surface area contributed by atoms with Crippen LogP contribution in [0, 0.1) is 17.7 Å². The summed E-state index contributed by atoms with van der Waals surface area (Å²) in [6, 6.07) is 6.47. The number of nitrogens with one attached hydrogen (secondary N) is 1. The highest BCUT2D eigenvalue weighted by atomic mass is 19.1. The van der Waals surface area contributed by atoms with Gasteiger partial charge < -0.3 is 19.7 Å². The quantitative estimate of drug-likeness (QED) is 0.709. The number of likely N-dealkylation sites (tertiary alicyclic amines) is 1. The molecule has 2 bridgehead atoms. The van der Waals surface area contributed by atoms with Crippen LogP contribution in [-0.2, 0) is 4.74 Å². The van der Waals surface area contributed by atoms with Crippen molar-refractivity contribution in [2.75, 3.05) is 18.4 Å². The number of carbonyl (C=O) groups is 1. The summed E-state index contributed by atoms with van der Waals surface area (Å²) in [5, 5.41) is 8.08. The van der Waals surface area contributed by atoms with Gasteiger partial charge in [-0.05, 0) is 71.4 Å². The van der Waals surface area contributed by atoms with Crippen LogP contribution in [0.3, 0.4) is 0 Å². The Balaban J connectivity index is 1.46. The van der Waals surface area contributed by atoms with Crippen molar-refractivity contribution in [3.8, 4) is 11.8 Å². The topological polar surface area (TPSA) is 81.5 Å². The van der Waals surface area contributed by atoms with Crippen LogP contribution in [0.25, 0.3) is 0 Å². The van der Waals surface area contributed by atoms with E-state index in [-0.39, 0.29) is 24.0 Å². The van der Waals surface area contributed by atoms with E-state index in [9.17, 15) is 9.18 Å². The molecular weight excluding hydrogens is 413 g/mol. The highest BCUT2D eigenvalue weighted by Crippen LogP contribution is 2.39. The van der Waals surface area contributed by atoms with Crippen LogP contribution in [-0.4, -0.2) is 50.5 Å². The first-order valence-corrected chi connectivity index (χ1v) is 11.2. The summed E-state index contributed by atoms with van der Waals surface area (Å²) >= 11 is 0. The maximum absolute atomic E-state index is 13.5. The van der Waals surface area contributed by atoms with Gasteiger partial charge >= 0.3 is 12.1 Å². The molecule has 1 aromatic heterocycles. The van der Waals surface area contributed by atoms with Crippen LogP contribution in [0.5, 0.6) is 11.8 Å². The lowest BCUT2D eigenvalue weighted by Gasteiger charge is -2.38. The maximum atomic E-state index is 13.5. The molecule has 1 aromatic carbocycles. The van der Waals surface area contributed by atoms with Gasteiger partial charge in [0.25, 0.3) is 0 Å². The van der Waals surface area contributed by atoms with Gasteiger partial charge in [-0.1, -0.05) is 6.07 Å². The fourth-order valence-electron chi connectivity index (χ4n) is 4.49. The Hall–Kier alpha value is -2.84. The molecule has 2 heterocycles. The van der Waals surface area contributed by atoms with Crippen molar-refractivity contribution < 1.29 is 18.7 Å². The smallest absolute Gasteiger partial charge is 0.410 e. The van der Waals surface area contributed by atoms with Gasteiger partial charge in [-0.15, -0.1) is 5.10 Å². The van der Waals surface area contributed by atoms with Crippen LogP contribution in [0.2, 0.25) is 0 Å². The van der Waals surface area contributed by atoms with Crippen molar-refractivity contribution >= 4 is 12.0 Å². The molecule has 8 nitrogen and oxygen atoms in total. The molecule has 174 valence electrons. The molecule has 1 amide bonds. The number of amides is 1. The normalized spacial score (nSPS) is 22.8. The molecule has 32 heavy (non-hydrogen) atoms. The molecule has 1 N–H and O–H groups in total. The molecule has 2 fully saturated rings. The molecule has 1 saturated heterocycles. The summed E-state index contributed by atoms with van der Waals surface area (Å²) < 4.78 is 26.6. The molecular formula is C23H32FN5O3. The molecule has 2 aliphatic rings. The van der Waals surface area contributed by atoms with E-state index >= 15 is 0 Å². The second kappa shape index (κ2) is 8.60. The summed E-state index contributed by atoms with van der Waals surface area (Å²) in [5.41, 5.74) is -0.503. The number of rotatable bonds is 5. The highest BCUT2D eigenvalue weighted by molar-refractivity contribution is 5.68. The first kappa shape index (κ1) is 22.4. The standard InChI is InChI=1S/C23H32FN5O3/c1-14(2)29-21(31-18-8-6-7-17(24)11-18)26-20(27-29)25-19-15-9-10-16(19)13-28(12-15)22(30)32-23(3,4)5/h6-8,11,14-16,19H,9-10,12-13H2,1-5H3,(H,25,27)/t15-,16+,19?. The predicted molar refractivity (Wildman–Crippen MR) is 118 cm³/mol. The van der Waals surface area contributed by atoms with Crippen molar-refractivity contribution in [3.63, 3.8) is 0 Å². The van der Waals surface area contributed by atoms with Crippen molar-refractivity contribution in [2.24, 2.45) is 11.8 Å². The predicted octanol–water partition coefficient (Wildman–Crippen LogP) is 4.85. The number of ether oxygens (including phenoxy) is 2. The molecule has 0 radical (unpaired) electrons. The largest absolute Gasteiger partial charge is 0.444 e. The lowest BCUT2D eigenvalue weighted by Crippen LogP contribution is -2.51. The van der Waals surface area contributed by atoms with Gasteiger partial charge in [0, 0.05) is 25.2 Å². The summed E-state index contributed by atoms with van der Waals surface area (Å²) in [7, 11) is 0. The number of carbonyl (C=O) groups excluding carboxylic acids is 1. The summed E-state index contributed by atoms with van der Waals surface area (Å²) in [5.74, 6) is 1.10. The Morgan fingerprint density at radius 3 is 2.50 bits per heavy atom. The Morgan fingerprint density at radius 1 is 1.22 bits per heavy atom. The summed E-state index contributed by atoms with van der Waals surface area (Å²) in [6.45, 7) is 10.9. The van der Waals surface area contributed by atoms with Crippen LogP contribution in [0.4, 0.5) is 15.1 Å². The van der Waals surface area contributed by atoms with Gasteiger partial charge in [0.1, 0.15) is 17.2 Å². The fraction of sp³-hybridized carbons (Fsp3) is 0.609. The number of halogens is 1. The Bertz CT molecular complexity index is 957. The lowest BCUT2D eigenvalue weighted by molar-refractivity contribution is 0.0141. The van der Waals surface area contributed by atoms with Gasteiger partial charge in [0.2, 0.25) is 5.95 Å². The number of anilines is 1. The molecule has 9 heteroatoms. The molecule has 2 aromatic rings. The van der Waals surface area contributed by atoms with Crippen LogP contribution in [0.15, 0.2) is 24.3 Å². The van der Waals surface area contributed by atoms with Gasteiger partial charge in [-0.2, -0.15) is 4.98 Å². The molecule has 1 unspecified atom stereocenters. The average molecular weight is 446 g/mol. The molecule has 1 saturated carbocycles. The fourth-order valence-corrected chi connectivity index (χ4v) is 4.49. The van der Waals surface area contributed by atoms with Crippen molar-refractivity contribution in [1.29, 1.82) is 0 Å². The van der Waals surface area contributed by atoms with E-state index in [1.54, 1.807) is 16.8 Å².